The maximum Gasteiger partial charge on any atom is 0.321 e. The molecular weight excluding hydrogens is 410 g/mol. The summed E-state index contributed by atoms with van der Waals surface area (Å²) >= 11 is 0. The minimum atomic E-state index is -0.181. The Morgan fingerprint density at radius 2 is 1.69 bits per heavy atom. The van der Waals surface area contributed by atoms with Gasteiger partial charge in [-0.25, -0.2) is 4.79 Å². The van der Waals surface area contributed by atoms with E-state index < -0.39 is 0 Å². The highest BCUT2D eigenvalue weighted by Gasteiger charge is 2.23. The van der Waals surface area contributed by atoms with E-state index >= 15 is 0 Å². The van der Waals surface area contributed by atoms with Crippen molar-refractivity contribution < 1.29 is 14.3 Å². The number of hydrogen-bond donors (Lipinski definition) is 1. The van der Waals surface area contributed by atoms with Crippen LogP contribution in [0.1, 0.15) is 5.56 Å². The lowest BCUT2D eigenvalue weighted by Crippen LogP contribution is -2.50. The van der Waals surface area contributed by atoms with Crippen LogP contribution in [0.5, 0.6) is 11.5 Å². The highest BCUT2D eigenvalue weighted by atomic mass is 16.7. The largest absolute Gasteiger partial charge is 0.454 e. The molecule has 1 N–H and O–H groups in total. The number of aryl methyl sites for hydroxylation is 1. The predicted molar refractivity (Wildman–Crippen MR) is 120 cm³/mol. The van der Waals surface area contributed by atoms with Crippen molar-refractivity contribution in [3.63, 3.8) is 0 Å². The third-order valence-electron chi connectivity index (χ3n) is 5.58. The van der Waals surface area contributed by atoms with Crippen LogP contribution in [-0.4, -0.2) is 53.7 Å². The summed E-state index contributed by atoms with van der Waals surface area (Å²) in [6, 6.07) is 16.1. The summed E-state index contributed by atoms with van der Waals surface area (Å²) in [5, 5.41) is 7.46. The molecule has 32 heavy (non-hydrogen) atoms. The topological polar surface area (TPSA) is 88.9 Å². The number of carbonyl (C=O) groups is 1. The lowest BCUT2D eigenvalue weighted by Gasteiger charge is -2.35. The molecule has 5 rings (SSSR count). The van der Waals surface area contributed by atoms with Crippen LogP contribution in [-0.2, 0) is 0 Å². The van der Waals surface area contributed by atoms with Gasteiger partial charge in [-0.2, -0.15) is 4.68 Å². The Balaban J connectivity index is 1.23. The third kappa shape index (κ3) is 3.96. The Hall–Kier alpha value is -4.01. The summed E-state index contributed by atoms with van der Waals surface area (Å²) in [5.41, 5.74) is 2.32. The number of hydrogen-bond acceptors (Lipinski definition) is 6. The fraction of sp³-hybridized carbons (Fsp3) is 0.261. The molecule has 2 aliphatic heterocycles. The maximum atomic E-state index is 12.7. The van der Waals surface area contributed by atoms with Gasteiger partial charge in [-0.15, -0.1) is 5.10 Å². The Morgan fingerprint density at radius 1 is 0.938 bits per heavy atom. The first-order chi connectivity index (χ1) is 15.6. The first kappa shape index (κ1) is 19.9. The Kier molecular flexibility index (Phi) is 5.14. The van der Waals surface area contributed by atoms with Crippen LogP contribution in [0.2, 0.25) is 0 Å². The second kappa shape index (κ2) is 8.26. The Labute approximate surface area is 184 Å². The average Bonchev–Trinajstić information content (AvgIpc) is 3.28. The van der Waals surface area contributed by atoms with Crippen LogP contribution in [0.3, 0.4) is 0 Å². The normalized spacial score (nSPS) is 15.0. The van der Waals surface area contributed by atoms with Crippen molar-refractivity contribution >= 4 is 17.5 Å². The first-order valence-corrected chi connectivity index (χ1v) is 10.4. The average molecular weight is 433 g/mol. The van der Waals surface area contributed by atoms with Gasteiger partial charge < -0.3 is 24.6 Å². The van der Waals surface area contributed by atoms with Crippen LogP contribution >= 0.6 is 0 Å². The van der Waals surface area contributed by atoms with Gasteiger partial charge in [-0.3, -0.25) is 4.79 Å². The summed E-state index contributed by atoms with van der Waals surface area (Å²) in [5.74, 6) is 2.01. The van der Waals surface area contributed by atoms with Crippen LogP contribution in [0, 0.1) is 6.92 Å². The zero-order valence-corrected chi connectivity index (χ0v) is 17.7. The van der Waals surface area contributed by atoms with Gasteiger partial charge >= 0.3 is 6.03 Å². The summed E-state index contributed by atoms with van der Waals surface area (Å²) < 4.78 is 12.1. The number of piperazine rings is 1. The molecule has 0 bridgehead atoms. The van der Waals surface area contributed by atoms with E-state index in [0.29, 0.717) is 49.2 Å². The fourth-order valence-corrected chi connectivity index (χ4v) is 3.76. The fourth-order valence-electron chi connectivity index (χ4n) is 3.76. The molecule has 1 aromatic heterocycles. The molecule has 0 radical (unpaired) electrons. The van der Waals surface area contributed by atoms with Crippen LogP contribution in [0.15, 0.2) is 59.4 Å². The highest BCUT2D eigenvalue weighted by Crippen LogP contribution is 2.34. The molecule has 164 valence electrons. The third-order valence-corrected chi connectivity index (χ3v) is 5.58. The van der Waals surface area contributed by atoms with Crippen molar-refractivity contribution in [1.82, 2.24) is 14.7 Å². The smallest absolute Gasteiger partial charge is 0.321 e. The van der Waals surface area contributed by atoms with E-state index in [1.54, 1.807) is 29.2 Å². The van der Waals surface area contributed by atoms with E-state index in [9.17, 15) is 9.59 Å². The quantitative estimate of drug-likeness (QED) is 0.683. The number of anilines is 2. The Bertz CT molecular complexity index is 1200. The van der Waals surface area contributed by atoms with Gasteiger partial charge in [-0.05, 0) is 37.3 Å². The lowest BCUT2D eigenvalue weighted by molar-refractivity contribution is 0.174. The molecule has 1 fully saturated rings. The van der Waals surface area contributed by atoms with E-state index in [-0.39, 0.29) is 18.4 Å². The standard InChI is InChI=1S/C23H23N5O4/c1-16-2-5-18(6-3-16)28-22(29)9-8-21(25-28)26-10-12-27(13-11-26)23(30)24-17-4-7-19-20(14-17)32-15-31-19/h2-9,14H,10-13,15H2,1H3,(H,24,30). The molecule has 0 spiro atoms. The van der Waals surface area contributed by atoms with Gasteiger partial charge in [0.05, 0.1) is 5.69 Å². The van der Waals surface area contributed by atoms with Crippen LogP contribution < -0.4 is 25.2 Å². The predicted octanol–water partition coefficient (Wildman–Crippen LogP) is 2.62. The molecule has 0 unspecified atom stereocenters. The molecule has 2 amide bonds. The van der Waals surface area contributed by atoms with Gasteiger partial charge in [0.1, 0.15) is 5.82 Å². The summed E-state index contributed by atoms with van der Waals surface area (Å²) in [7, 11) is 0. The molecular formula is C23H23N5O4. The number of nitrogens with zero attached hydrogens (tertiary/aromatic N) is 4. The molecule has 2 aliphatic rings. The van der Waals surface area contributed by atoms with Crippen molar-refractivity contribution in [3.8, 4) is 17.2 Å². The van der Waals surface area contributed by atoms with Crippen molar-refractivity contribution in [1.29, 1.82) is 0 Å². The Morgan fingerprint density at radius 3 is 2.47 bits per heavy atom. The summed E-state index contributed by atoms with van der Waals surface area (Å²) in [4.78, 5) is 28.9. The minimum absolute atomic E-state index is 0.166. The van der Waals surface area contributed by atoms with Crippen LogP contribution in [0.25, 0.3) is 5.69 Å². The summed E-state index contributed by atoms with van der Waals surface area (Å²) in [6.07, 6.45) is 0. The number of aromatic nitrogens is 2. The molecule has 3 heterocycles. The lowest BCUT2D eigenvalue weighted by atomic mass is 10.2. The maximum absolute atomic E-state index is 12.7. The number of urea groups is 1. The number of fused-ring (bicyclic) bond motifs is 1. The number of rotatable bonds is 3. The zero-order chi connectivity index (χ0) is 22.1. The van der Waals surface area contributed by atoms with Crippen molar-refractivity contribution in [2.75, 3.05) is 43.2 Å². The van der Waals surface area contributed by atoms with Gasteiger partial charge in [0.2, 0.25) is 6.79 Å². The van der Waals surface area contributed by atoms with Crippen molar-refractivity contribution in [2.45, 2.75) is 6.92 Å². The zero-order valence-electron chi connectivity index (χ0n) is 17.7. The molecule has 0 aliphatic carbocycles. The number of amides is 2. The van der Waals surface area contributed by atoms with Gasteiger partial charge in [0.15, 0.2) is 11.5 Å². The van der Waals surface area contributed by atoms with Gasteiger partial charge in [0.25, 0.3) is 5.56 Å². The molecule has 3 aromatic rings. The number of ether oxygens (including phenoxy) is 2. The van der Waals surface area contributed by atoms with E-state index in [0.717, 1.165) is 11.3 Å². The monoisotopic (exact) mass is 433 g/mol. The summed E-state index contributed by atoms with van der Waals surface area (Å²) in [6.45, 7) is 4.52. The van der Waals surface area contributed by atoms with E-state index in [2.05, 4.69) is 15.3 Å². The second-order valence-corrected chi connectivity index (χ2v) is 7.75. The number of nitrogens with one attached hydrogen (secondary N) is 1. The molecule has 0 atom stereocenters. The molecule has 1 saturated heterocycles. The molecule has 9 heteroatoms. The molecule has 2 aromatic carbocycles. The van der Waals surface area contributed by atoms with Crippen LogP contribution in [0.4, 0.5) is 16.3 Å². The van der Waals surface area contributed by atoms with Crippen molar-refractivity contribution in [2.24, 2.45) is 0 Å². The minimum Gasteiger partial charge on any atom is -0.454 e. The first-order valence-electron chi connectivity index (χ1n) is 10.4. The van der Waals surface area contributed by atoms with Gasteiger partial charge in [0, 0.05) is 44.0 Å². The molecule has 0 saturated carbocycles. The number of benzene rings is 2. The van der Waals surface area contributed by atoms with E-state index in [1.807, 2.05) is 31.2 Å². The van der Waals surface area contributed by atoms with E-state index in [1.165, 1.54) is 10.7 Å². The molecule has 9 nitrogen and oxygen atoms in total. The highest BCUT2D eigenvalue weighted by molar-refractivity contribution is 5.90. The van der Waals surface area contributed by atoms with Gasteiger partial charge in [-0.1, -0.05) is 17.7 Å². The van der Waals surface area contributed by atoms with Crippen molar-refractivity contribution in [3.05, 3.63) is 70.5 Å². The SMILES string of the molecule is Cc1ccc(-n2nc(N3CCN(C(=O)Nc4ccc5c(c4)OCO5)CC3)ccc2=O)cc1. The second-order valence-electron chi connectivity index (χ2n) is 7.75. The van der Waals surface area contributed by atoms with E-state index in [4.69, 9.17) is 9.47 Å². The number of carbonyl (C=O) groups excluding carboxylic acids is 1.